The summed E-state index contributed by atoms with van der Waals surface area (Å²) >= 11 is 1.39. The Morgan fingerprint density at radius 2 is 1.79 bits per heavy atom. The van der Waals surface area contributed by atoms with Crippen molar-refractivity contribution in [2.24, 2.45) is 12.0 Å². The van der Waals surface area contributed by atoms with E-state index in [2.05, 4.69) is 4.99 Å². The fourth-order valence-electron chi connectivity index (χ4n) is 2.98. The van der Waals surface area contributed by atoms with Crippen molar-refractivity contribution in [1.29, 1.82) is 0 Å². The number of thiazole rings is 1. The van der Waals surface area contributed by atoms with Gasteiger partial charge in [0.2, 0.25) is 10.0 Å². The summed E-state index contributed by atoms with van der Waals surface area (Å²) in [5.41, 5.74) is 1.28. The van der Waals surface area contributed by atoms with E-state index in [1.807, 2.05) is 29.8 Å². The van der Waals surface area contributed by atoms with E-state index in [4.69, 9.17) is 4.74 Å². The van der Waals surface area contributed by atoms with Gasteiger partial charge in [0.05, 0.1) is 22.2 Å². The minimum Gasteiger partial charge on any atom is -0.497 e. The average molecular weight is 434 g/mol. The largest absolute Gasteiger partial charge is 0.497 e. The summed E-state index contributed by atoms with van der Waals surface area (Å²) in [6.07, 6.45) is 0. The van der Waals surface area contributed by atoms with Crippen molar-refractivity contribution in [3.05, 3.63) is 52.8 Å². The van der Waals surface area contributed by atoms with Crippen molar-refractivity contribution in [2.75, 3.05) is 20.2 Å². The molecule has 0 aliphatic heterocycles. The second-order valence-electron chi connectivity index (χ2n) is 6.31. The molecule has 0 atom stereocenters. The van der Waals surface area contributed by atoms with Gasteiger partial charge in [-0.05, 0) is 42.5 Å². The molecule has 0 radical (unpaired) electrons. The number of hydrogen-bond donors (Lipinski definition) is 0. The summed E-state index contributed by atoms with van der Waals surface area (Å²) in [4.78, 5) is 17.6. The lowest BCUT2D eigenvalue weighted by atomic mass is 10.2. The van der Waals surface area contributed by atoms with Gasteiger partial charge in [-0.1, -0.05) is 25.2 Å². The monoisotopic (exact) mass is 433 g/mol. The average Bonchev–Trinajstić information content (AvgIpc) is 3.03. The molecule has 0 aliphatic rings. The molecule has 0 spiro atoms. The van der Waals surface area contributed by atoms with Crippen molar-refractivity contribution in [2.45, 2.75) is 18.7 Å². The number of sulfonamides is 1. The van der Waals surface area contributed by atoms with Crippen LogP contribution in [-0.2, 0) is 17.1 Å². The molecule has 0 N–H and O–H groups in total. The maximum absolute atomic E-state index is 12.6. The molecular formula is C20H23N3O4S2. The van der Waals surface area contributed by atoms with Gasteiger partial charge in [0, 0.05) is 25.7 Å². The van der Waals surface area contributed by atoms with Gasteiger partial charge in [0.15, 0.2) is 4.80 Å². The van der Waals surface area contributed by atoms with Crippen LogP contribution in [0.1, 0.15) is 24.2 Å². The molecule has 2 aromatic carbocycles. The quantitative estimate of drug-likeness (QED) is 0.598. The number of amides is 1. The lowest BCUT2D eigenvalue weighted by Crippen LogP contribution is -2.30. The first kappa shape index (κ1) is 21.2. The molecule has 154 valence electrons. The van der Waals surface area contributed by atoms with Crippen LogP contribution in [-0.4, -0.2) is 43.4 Å². The van der Waals surface area contributed by atoms with Crippen LogP contribution in [0, 0.1) is 0 Å². The van der Waals surface area contributed by atoms with Gasteiger partial charge in [-0.2, -0.15) is 9.30 Å². The van der Waals surface area contributed by atoms with Crippen LogP contribution in [0.15, 0.2) is 52.4 Å². The lowest BCUT2D eigenvalue weighted by Gasteiger charge is -2.18. The number of aryl methyl sites for hydroxylation is 1. The maximum atomic E-state index is 12.6. The van der Waals surface area contributed by atoms with Gasteiger partial charge in [-0.15, -0.1) is 0 Å². The van der Waals surface area contributed by atoms with Crippen molar-refractivity contribution < 1.29 is 17.9 Å². The summed E-state index contributed by atoms with van der Waals surface area (Å²) in [5, 5.41) is 0. The fourth-order valence-corrected chi connectivity index (χ4v) is 5.48. The minimum absolute atomic E-state index is 0.164. The molecular weight excluding hydrogens is 410 g/mol. The summed E-state index contributed by atoms with van der Waals surface area (Å²) in [6, 6.07) is 11.6. The van der Waals surface area contributed by atoms with E-state index in [-0.39, 0.29) is 4.90 Å². The Labute approximate surface area is 173 Å². The second-order valence-corrected chi connectivity index (χ2v) is 9.26. The molecule has 0 fully saturated rings. The van der Waals surface area contributed by atoms with E-state index >= 15 is 0 Å². The second kappa shape index (κ2) is 8.48. The summed E-state index contributed by atoms with van der Waals surface area (Å²) in [7, 11) is -0.106. The molecule has 7 nitrogen and oxygen atoms in total. The summed E-state index contributed by atoms with van der Waals surface area (Å²) < 4.78 is 34.6. The van der Waals surface area contributed by atoms with Gasteiger partial charge in [-0.3, -0.25) is 4.79 Å². The molecule has 0 bridgehead atoms. The SMILES string of the molecule is CCN(CC)S(=O)(=O)c1ccc(C(=O)N=c2sc3cc(OC)ccc3n2C)cc1. The zero-order valence-corrected chi connectivity index (χ0v) is 18.4. The highest BCUT2D eigenvalue weighted by Gasteiger charge is 2.21. The molecule has 3 rings (SSSR count). The predicted molar refractivity (Wildman–Crippen MR) is 114 cm³/mol. The highest BCUT2D eigenvalue weighted by atomic mass is 32.2. The number of hydrogen-bond acceptors (Lipinski definition) is 5. The predicted octanol–water partition coefficient (Wildman–Crippen LogP) is 3.02. The topological polar surface area (TPSA) is 81.0 Å². The fraction of sp³-hybridized carbons (Fsp3) is 0.300. The van der Waals surface area contributed by atoms with Gasteiger partial charge < -0.3 is 9.30 Å². The molecule has 0 unspecified atom stereocenters. The van der Waals surface area contributed by atoms with Gasteiger partial charge in [0.25, 0.3) is 5.91 Å². The van der Waals surface area contributed by atoms with Crippen LogP contribution < -0.4 is 9.54 Å². The molecule has 1 amide bonds. The van der Waals surface area contributed by atoms with E-state index in [1.165, 1.54) is 39.9 Å². The van der Waals surface area contributed by atoms with E-state index in [0.717, 1.165) is 16.0 Å². The lowest BCUT2D eigenvalue weighted by molar-refractivity contribution is 0.0998. The Bertz CT molecular complexity index is 1200. The molecule has 1 heterocycles. The summed E-state index contributed by atoms with van der Waals surface area (Å²) in [5.74, 6) is 0.313. The molecule has 9 heteroatoms. The van der Waals surface area contributed by atoms with E-state index in [9.17, 15) is 13.2 Å². The molecule has 29 heavy (non-hydrogen) atoms. The third-order valence-corrected chi connectivity index (χ3v) is 7.82. The number of ether oxygens (including phenoxy) is 1. The zero-order chi connectivity index (χ0) is 21.2. The standard InChI is InChI=1S/C20H23N3O4S2/c1-5-23(6-2)29(25,26)16-10-7-14(8-11-16)19(24)21-20-22(3)17-12-9-15(27-4)13-18(17)28-20/h7-13H,5-6H2,1-4H3. The molecule has 0 saturated carbocycles. The van der Waals surface area contributed by atoms with Gasteiger partial charge in [0.1, 0.15) is 5.75 Å². The maximum Gasteiger partial charge on any atom is 0.279 e. The minimum atomic E-state index is -3.56. The number of nitrogens with zero attached hydrogens (tertiary/aromatic N) is 3. The Hall–Kier alpha value is -2.49. The van der Waals surface area contributed by atoms with E-state index in [1.54, 1.807) is 21.0 Å². The highest BCUT2D eigenvalue weighted by molar-refractivity contribution is 7.89. The Balaban J connectivity index is 1.94. The van der Waals surface area contributed by atoms with Gasteiger partial charge >= 0.3 is 0 Å². The van der Waals surface area contributed by atoms with Crippen molar-refractivity contribution in [3.8, 4) is 5.75 Å². The number of rotatable bonds is 6. The number of aromatic nitrogens is 1. The highest BCUT2D eigenvalue weighted by Crippen LogP contribution is 2.22. The van der Waals surface area contributed by atoms with Crippen molar-refractivity contribution >= 4 is 37.5 Å². The van der Waals surface area contributed by atoms with Crippen LogP contribution in [0.3, 0.4) is 0 Å². The third kappa shape index (κ3) is 4.12. The van der Waals surface area contributed by atoms with E-state index < -0.39 is 15.9 Å². The molecule has 3 aromatic rings. The van der Waals surface area contributed by atoms with Crippen molar-refractivity contribution in [3.63, 3.8) is 0 Å². The number of methoxy groups -OCH3 is 1. The Morgan fingerprint density at radius 1 is 1.14 bits per heavy atom. The van der Waals surface area contributed by atoms with Crippen LogP contribution in [0.4, 0.5) is 0 Å². The first-order chi connectivity index (χ1) is 13.8. The smallest absolute Gasteiger partial charge is 0.279 e. The van der Waals surface area contributed by atoms with Gasteiger partial charge in [-0.25, -0.2) is 8.42 Å². The zero-order valence-electron chi connectivity index (χ0n) is 16.7. The summed E-state index contributed by atoms with van der Waals surface area (Å²) in [6.45, 7) is 4.36. The first-order valence-electron chi connectivity index (χ1n) is 9.14. The Kier molecular flexibility index (Phi) is 6.21. The third-order valence-electron chi connectivity index (χ3n) is 4.66. The number of benzene rings is 2. The normalized spacial score (nSPS) is 12.7. The first-order valence-corrected chi connectivity index (χ1v) is 11.4. The van der Waals surface area contributed by atoms with Crippen LogP contribution >= 0.6 is 11.3 Å². The number of carbonyl (C=O) groups excluding carboxylic acids is 1. The molecule has 0 aliphatic carbocycles. The van der Waals surface area contributed by atoms with Crippen LogP contribution in [0.25, 0.3) is 10.2 Å². The van der Waals surface area contributed by atoms with Crippen molar-refractivity contribution in [1.82, 2.24) is 8.87 Å². The van der Waals surface area contributed by atoms with E-state index in [0.29, 0.717) is 23.5 Å². The number of carbonyl (C=O) groups is 1. The molecule has 0 saturated heterocycles. The number of fused-ring (bicyclic) bond motifs is 1. The molecule has 1 aromatic heterocycles. The van der Waals surface area contributed by atoms with Crippen LogP contribution in [0.2, 0.25) is 0 Å². The Morgan fingerprint density at radius 3 is 2.38 bits per heavy atom. The van der Waals surface area contributed by atoms with Crippen LogP contribution in [0.5, 0.6) is 5.75 Å².